The van der Waals surface area contributed by atoms with Crippen molar-refractivity contribution in [3.8, 4) is 0 Å². The minimum atomic E-state index is -4.64. The van der Waals surface area contributed by atoms with Gasteiger partial charge >= 0.3 is 15.6 Å². The molecular formula is C5H23LaN3O8P2. The van der Waals surface area contributed by atoms with Gasteiger partial charge in [0.1, 0.15) is 0 Å². The molecule has 14 N–H and O–H groups in total. The maximum atomic E-state index is 8.88. The van der Waals surface area contributed by atoms with E-state index < -0.39 is 15.6 Å². The zero-order chi connectivity index (χ0) is 14.2. The van der Waals surface area contributed by atoms with E-state index in [-0.39, 0.29) is 53.4 Å². The van der Waals surface area contributed by atoms with Crippen molar-refractivity contribution in [2.24, 2.45) is 5.73 Å². The Balaban J connectivity index is -0.0000000311. The summed E-state index contributed by atoms with van der Waals surface area (Å²) in [6, 6.07) is 0. The molecule has 0 spiro atoms. The van der Waals surface area contributed by atoms with Crippen LogP contribution in [0.2, 0.25) is 0 Å². The third-order valence-electron chi connectivity index (χ3n) is 0.526. The van der Waals surface area contributed by atoms with E-state index in [2.05, 4.69) is 6.58 Å². The number of hydrogen-bond donors (Lipinski definition) is 9. The summed E-state index contributed by atoms with van der Waals surface area (Å²) in [5, 5.41) is 0. The van der Waals surface area contributed by atoms with Crippen LogP contribution < -0.4 is 18.0 Å². The van der Waals surface area contributed by atoms with Crippen molar-refractivity contribution in [3.05, 3.63) is 12.7 Å². The fourth-order valence-electron chi connectivity index (χ4n) is 0. The Bertz CT molecular complexity index is 248. The molecule has 0 fully saturated rings. The summed E-state index contributed by atoms with van der Waals surface area (Å²) in [6.07, 6.45) is 1.72. The second-order valence-corrected chi connectivity index (χ2v) is 5.11. The van der Waals surface area contributed by atoms with Gasteiger partial charge in [-0.2, -0.15) is 0 Å². The van der Waals surface area contributed by atoms with Gasteiger partial charge in [-0.1, -0.05) is 6.08 Å². The van der Waals surface area contributed by atoms with E-state index in [0.717, 1.165) is 0 Å². The molecule has 0 aliphatic carbocycles. The molecule has 0 aliphatic rings. The maximum absolute atomic E-state index is 8.88. The molecule has 11 nitrogen and oxygen atoms in total. The molecule has 0 unspecified atom stereocenters. The van der Waals surface area contributed by atoms with Crippen LogP contribution in [0.15, 0.2) is 12.7 Å². The Morgan fingerprint density at radius 3 is 1.00 bits per heavy atom. The molecule has 0 rings (SSSR count). The number of phosphoric acid groups is 2. The fraction of sp³-hybridized carbons (Fsp3) is 0.600. The molecule has 0 amide bonds. The summed E-state index contributed by atoms with van der Waals surface area (Å²) < 4.78 is 17.8. The Hall–Kier alpha value is 1.03. The van der Waals surface area contributed by atoms with E-state index in [9.17, 15) is 0 Å². The standard InChI is InChI=1S/C5H11N.La.2H3N.2H3O4P/c1-4-5(2,3)6;;;;2*1-5(2,3)4/h4H,1,6H2,2-3H3;;2*1H3;2*(H3,1,2,3,4). The van der Waals surface area contributed by atoms with Gasteiger partial charge < -0.3 is 47.4 Å². The van der Waals surface area contributed by atoms with Gasteiger partial charge in [-0.3, -0.25) is 0 Å². The molecule has 0 aromatic carbocycles. The summed E-state index contributed by atoms with van der Waals surface area (Å²) in [4.78, 5) is 43.1. The SMILES string of the molecule is C=CC(C)(C)N.N.N.O=P(O)(O)O.O=P(O)(O)O.[La]. The zero-order valence-corrected chi connectivity index (χ0v) is 16.2. The van der Waals surface area contributed by atoms with E-state index >= 15 is 0 Å². The fourth-order valence-corrected chi connectivity index (χ4v) is 0. The first-order valence-corrected chi connectivity index (χ1v) is 6.68. The molecule has 0 heterocycles. The normalized spacial score (nSPS) is 9.74. The molecule has 14 heteroatoms. The molecule has 0 saturated carbocycles. The van der Waals surface area contributed by atoms with Crippen molar-refractivity contribution in [1.29, 1.82) is 0 Å². The van der Waals surface area contributed by atoms with E-state index in [4.69, 9.17) is 44.2 Å². The summed E-state index contributed by atoms with van der Waals surface area (Å²) >= 11 is 0. The Morgan fingerprint density at radius 1 is 0.947 bits per heavy atom. The third kappa shape index (κ3) is 339. The van der Waals surface area contributed by atoms with Crippen LogP contribution in [0, 0.1) is 35.6 Å². The average molecular weight is 454 g/mol. The van der Waals surface area contributed by atoms with Crippen molar-refractivity contribution < 1.29 is 74.1 Å². The van der Waals surface area contributed by atoms with Gasteiger partial charge in [-0.25, -0.2) is 9.13 Å². The zero-order valence-electron chi connectivity index (χ0n) is 10.7. The second kappa shape index (κ2) is 15.4. The van der Waals surface area contributed by atoms with Crippen molar-refractivity contribution in [3.63, 3.8) is 0 Å². The molecule has 0 aromatic heterocycles. The molecule has 0 bridgehead atoms. The molecule has 0 saturated heterocycles. The van der Waals surface area contributed by atoms with Crippen LogP contribution in [0.1, 0.15) is 13.8 Å². The van der Waals surface area contributed by atoms with Crippen LogP contribution in [0.25, 0.3) is 0 Å². The molecule has 1 radical (unpaired) electrons. The minimum absolute atomic E-state index is 0. The average Bonchev–Trinajstić information content (AvgIpc) is 1.77. The van der Waals surface area contributed by atoms with Crippen LogP contribution >= 0.6 is 15.6 Å². The van der Waals surface area contributed by atoms with Crippen LogP contribution in [-0.2, 0) is 9.13 Å². The van der Waals surface area contributed by atoms with Crippen molar-refractivity contribution in [1.82, 2.24) is 12.3 Å². The van der Waals surface area contributed by atoms with Gasteiger partial charge in [-0.05, 0) is 13.8 Å². The predicted molar refractivity (Wildman–Crippen MR) is 67.0 cm³/mol. The second-order valence-electron chi connectivity index (χ2n) is 3.05. The van der Waals surface area contributed by atoms with Gasteiger partial charge in [0.25, 0.3) is 0 Å². The minimum Gasteiger partial charge on any atom is -0.344 e. The smallest absolute Gasteiger partial charge is 0.344 e. The quantitative estimate of drug-likeness (QED) is 0.178. The summed E-state index contributed by atoms with van der Waals surface area (Å²) in [5.41, 5.74) is 5.22. The van der Waals surface area contributed by atoms with Crippen LogP contribution in [0.5, 0.6) is 0 Å². The van der Waals surface area contributed by atoms with Gasteiger partial charge in [0.15, 0.2) is 0 Å². The van der Waals surface area contributed by atoms with Crippen LogP contribution in [0.4, 0.5) is 0 Å². The summed E-state index contributed by atoms with van der Waals surface area (Å²) in [7, 11) is -9.28. The first-order chi connectivity index (χ1) is 6.56. The number of hydrogen-bond acceptors (Lipinski definition) is 5. The van der Waals surface area contributed by atoms with Gasteiger partial charge in [0.2, 0.25) is 0 Å². The number of nitrogens with two attached hydrogens (primary N) is 1. The van der Waals surface area contributed by atoms with Gasteiger partial charge in [0, 0.05) is 41.1 Å². The van der Waals surface area contributed by atoms with Crippen molar-refractivity contribution >= 4 is 15.6 Å². The van der Waals surface area contributed by atoms with Crippen LogP contribution in [0.3, 0.4) is 0 Å². The van der Waals surface area contributed by atoms with E-state index in [1.165, 1.54) is 0 Å². The monoisotopic (exact) mass is 454 g/mol. The molecule has 119 valence electrons. The van der Waals surface area contributed by atoms with E-state index in [1.807, 2.05) is 13.8 Å². The topological polar surface area (TPSA) is 252 Å². The third-order valence-corrected chi connectivity index (χ3v) is 0.526. The first kappa shape index (κ1) is 36.9. The summed E-state index contributed by atoms with van der Waals surface area (Å²) in [5.74, 6) is 0. The van der Waals surface area contributed by atoms with E-state index in [1.54, 1.807) is 6.08 Å². The maximum Gasteiger partial charge on any atom is 0.466 e. The van der Waals surface area contributed by atoms with E-state index in [0.29, 0.717) is 0 Å². The first-order valence-electron chi connectivity index (χ1n) is 3.55. The Kier molecular flexibility index (Phi) is 29.9. The molecule has 0 aliphatic heterocycles. The van der Waals surface area contributed by atoms with Gasteiger partial charge in [0.05, 0.1) is 0 Å². The van der Waals surface area contributed by atoms with Crippen molar-refractivity contribution in [2.75, 3.05) is 0 Å². The molecule has 0 aromatic rings. The molecular weight excluding hydrogens is 431 g/mol. The Labute approximate surface area is 139 Å². The Morgan fingerprint density at radius 2 is 1.00 bits per heavy atom. The predicted octanol–water partition coefficient (Wildman–Crippen LogP) is -0.623. The van der Waals surface area contributed by atoms with Crippen molar-refractivity contribution in [2.45, 2.75) is 19.4 Å². The number of rotatable bonds is 1. The van der Waals surface area contributed by atoms with Crippen LogP contribution in [-0.4, -0.2) is 34.9 Å². The van der Waals surface area contributed by atoms with Gasteiger partial charge in [-0.15, -0.1) is 6.58 Å². The molecule has 0 atom stereocenters. The molecule has 19 heavy (non-hydrogen) atoms. The largest absolute Gasteiger partial charge is 0.466 e. The summed E-state index contributed by atoms with van der Waals surface area (Å²) in [6.45, 7) is 7.31.